The number of nitrogens with two attached hydrogens (primary N) is 1. The van der Waals surface area contributed by atoms with Gasteiger partial charge in [0.15, 0.2) is 5.13 Å². The smallest absolute Gasteiger partial charge is 0.181 e. The molecule has 0 aliphatic carbocycles. The lowest BCUT2D eigenvalue weighted by Crippen LogP contribution is -2.17. The first-order valence-electron chi connectivity index (χ1n) is 4.75. The highest BCUT2D eigenvalue weighted by Gasteiger charge is 2.09. The summed E-state index contributed by atoms with van der Waals surface area (Å²) in [5.41, 5.74) is 6.51. The predicted molar refractivity (Wildman–Crippen MR) is 64.5 cm³/mol. The molecule has 0 aliphatic heterocycles. The summed E-state index contributed by atoms with van der Waals surface area (Å²) in [5, 5.41) is 10.1. The van der Waals surface area contributed by atoms with E-state index in [0.29, 0.717) is 24.1 Å². The number of aryl methyl sites for hydroxylation is 1. The van der Waals surface area contributed by atoms with Crippen molar-refractivity contribution >= 4 is 28.2 Å². The Morgan fingerprint density at radius 2 is 2.40 bits per heavy atom. The first kappa shape index (κ1) is 12.8. The topological polar surface area (TPSA) is 68.4 Å². The van der Waals surface area contributed by atoms with Crippen molar-refractivity contribution in [2.45, 2.75) is 24.2 Å². The highest BCUT2D eigenvalue weighted by molar-refractivity contribution is 8.01. The number of rotatable bonds is 6. The third kappa shape index (κ3) is 4.38. The van der Waals surface area contributed by atoms with Crippen molar-refractivity contribution < 1.29 is 9.84 Å². The molecule has 15 heavy (non-hydrogen) atoms. The molecule has 0 amide bonds. The largest absolute Gasteiger partial charge is 0.390 e. The lowest BCUT2D eigenvalue weighted by molar-refractivity contribution is 0.0551. The normalized spacial score (nSPS) is 13.0. The molecule has 0 radical (unpaired) electrons. The predicted octanol–water partition coefficient (Wildman–Crippen LogP) is 1.52. The van der Waals surface area contributed by atoms with Gasteiger partial charge in [0.25, 0.3) is 0 Å². The standard InChI is InChI=1S/C9H16N2O2S2/c1-3-13-4-7(12)5-14-8-6(2)11-9(10)15-8/h7,12H,3-5H2,1-2H3,(H2,10,11). The van der Waals surface area contributed by atoms with Crippen LogP contribution in [0.3, 0.4) is 0 Å². The van der Waals surface area contributed by atoms with Gasteiger partial charge in [0.1, 0.15) is 0 Å². The average molecular weight is 248 g/mol. The van der Waals surface area contributed by atoms with Gasteiger partial charge in [0.2, 0.25) is 0 Å². The fraction of sp³-hybridized carbons (Fsp3) is 0.667. The minimum Gasteiger partial charge on any atom is -0.390 e. The summed E-state index contributed by atoms with van der Waals surface area (Å²) in [7, 11) is 0. The number of aliphatic hydroxyl groups is 1. The second-order valence-electron chi connectivity index (χ2n) is 3.05. The summed E-state index contributed by atoms with van der Waals surface area (Å²) in [6.07, 6.45) is -0.433. The lowest BCUT2D eigenvalue weighted by atomic mass is 10.4. The minimum absolute atomic E-state index is 0.386. The number of aromatic nitrogens is 1. The first-order valence-corrected chi connectivity index (χ1v) is 6.55. The zero-order valence-corrected chi connectivity index (χ0v) is 10.5. The van der Waals surface area contributed by atoms with E-state index in [-0.39, 0.29) is 0 Å². The van der Waals surface area contributed by atoms with Gasteiger partial charge in [-0.3, -0.25) is 0 Å². The number of aliphatic hydroxyl groups excluding tert-OH is 1. The van der Waals surface area contributed by atoms with E-state index in [1.807, 2.05) is 13.8 Å². The Kier molecular flexibility index (Phi) is 5.38. The first-order chi connectivity index (χ1) is 7.13. The van der Waals surface area contributed by atoms with Gasteiger partial charge in [-0.2, -0.15) is 0 Å². The maximum absolute atomic E-state index is 9.55. The summed E-state index contributed by atoms with van der Waals surface area (Å²) in [5.74, 6) is 0.614. The van der Waals surface area contributed by atoms with E-state index < -0.39 is 6.10 Å². The highest BCUT2D eigenvalue weighted by Crippen LogP contribution is 2.30. The van der Waals surface area contributed by atoms with Gasteiger partial charge < -0.3 is 15.6 Å². The van der Waals surface area contributed by atoms with Crippen LogP contribution in [0.2, 0.25) is 0 Å². The van der Waals surface area contributed by atoms with E-state index in [4.69, 9.17) is 10.5 Å². The van der Waals surface area contributed by atoms with Gasteiger partial charge in [0, 0.05) is 12.4 Å². The van der Waals surface area contributed by atoms with Gasteiger partial charge in [-0.1, -0.05) is 11.3 Å². The van der Waals surface area contributed by atoms with Crippen LogP contribution in [-0.4, -0.2) is 35.2 Å². The molecule has 0 aliphatic rings. The number of nitrogen functional groups attached to an aromatic ring is 1. The summed E-state index contributed by atoms with van der Waals surface area (Å²) in [6.45, 7) is 4.85. The second-order valence-corrected chi connectivity index (χ2v) is 5.37. The fourth-order valence-electron chi connectivity index (χ4n) is 1.01. The molecular formula is C9H16N2O2S2. The van der Waals surface area contributed by atoms with Gasteiger partial charge in [-0.25, -0.2) is 4.98 Å². The molecule has 4 nitrogen and oxygen atoms in total. The van der Waals surface area contributed by atoms with Gasteiger partial charge in [-0.05, 0) is 13.8 Å². The third-order valence-electron chi connectivity index (χ3n) is 1.69. The van der Waals surface area contributed by atoms with Gasteiger partial charge in [-0.15, -0.1) is 11.8 Å². The lowest BCUT2D eigenvalue weighted by Gasteiger charge is -2.08. The quantitative estimate of drug-likeness (QED) is 0.747. The molecule has 1 aromatic heterocycles. The van der Waals surface area contributed by atoms with Crippen LogP contribution >= 0.6 is 23.1 Å². The Bertz CT molecular complexity index is 304. The Morgan fingerprint density at radius 3 is 2.93 bits per heavy atom. The fourth-order valence-corrected chi connectivity index (χ4v) is 2.97. The van der Waals surface area contributed by atoms with Crippen molar-refractivity contribution in [3.05, 3.63) is 5.69 Å². The molecule has 3 N–H and O–H groups in total. The number of anilines is 1. The number of hydrogen-bond donors (Lipinski definition) is 2. The van der Waals surface area contributed by atoms with E-state index in [2.05, 4.69) is 4.98 Å². The van der Waals surface area contributed by atoms with Gasteiger partial charge in [0.05, 0.1) is 22.6 Å². The zero-order valence-electron chi connectivity index (χ0n) is 8.90. The molecule has 6 heteroatoms. The Hall–Kier alpha value is -0.300. The van der Waals surface area contributed by atoms with Crippen molar-refractivity contribution in [2.75, 3.05) is 24.7 Å². The molecule has 1 heterocycles. The molecule has 0 saturated heterocycles. The number of thioether (sulfide) groups is 1. The second kappa shape index (κ2) is 6.32. The van der Waals surface area contributed by atoms with Crippen LogP contribution in [-0.2, 0) is 4.74 Å². The average Bonchev–Trinajstić information content (AvgIpc) is 2.51. The number of thiazole rings is 1. The monoisotopic (exact) mass is 248 g/mol. The van der Waals surface area contributed by atoms with Crippen LogP contribution in [0.4, 0.5) is 5.13 Å². The van der Waals surface area contributed by atoms with Crippen LogP contribution < -0.4 is 5.73 Å². The summed E-state index contributed by atoms with van der Waals surface area (Å²) < 4.78 is 6.19. The molecule has 1 unspecified atom stereocenters. The maximum Gasteiger partial charge on any atom is 0.181 e. The number of hydrogen-bond acceptors (Lipinski definition) is 6. The molecule has 1 rings (SSSR count). The van der Waals surface area contributed by atoms with Crippen LogP contribution in [0.15, 0.2) is 4.21 Å². The van der Waals surface area contributed by atoms with Crippen LogP contribution in [0.5, 0.6) is 0 Å². The molecule has 1 atom stereocenters. The van der Waals surface area contributed by atoms with Crippen molar-refractivity contribution in [2.24, 2.45) is 0 Å². The summed E-state index contributed by atoms with van der Waals surface area (Å²) in [4.78, 5) is 4.11. The summed E-state index contributed by atoms with van der Waals surface area (Å²) >= 11 is 3.03. The Morgan fingerprint density at radius 1 is 1.67 bits per heavy atom. The third-order valence-corrected chi connectivity index (χ3v) is 4.19. The van der Waals surface area contributed by atoms with Crippen molar-refractivity contribution in [3.8, 4) is 0 Å². The Balaban J connectivity index is 2.33. The number of ether oxygens (including phenoxy) is 1. The molecular weight excluding hydrogens is 232 g/mol. The molecule has 1 aromatic rings. The van der Waals surface area contributed by atoms with Crippen LogP contribution in [0.1, 0.15) is 12.6 Å². The molecule has 0 saturated carbocycles. The molecule has 0 bridgehead atoms. The van der Waals surface area contributed by atoms with Crippen molar-refractivity contribution in [1.82, 2.24) is 4.98 Å². The van der Waals surface area contributed by atoms with Crippen LogP contribution in [0, 0.1) is 6.92 Å². The van der Waals surface area contributed by atoms with E-state index in [0.717, 1.165) is 9.90 Å². The van der Waals surface area contributed by atoms with E-state index in [1.165, 1.54) is 11.3 Å². The highest BCUT2D eigenvalue weighted by atomic mass is 32.2. The van der Waals surface area contributed by atoms with E-state index >= 15 is 0 Å². The van der Waals surface area contributed by atoms with Crippen LogP contribution in [0.25, 0.3) is 0 Å². The molecule has 0 spiro atoms. The molecule has 0 aromatic carbocycles. The SMILES string of the molecule is CCOCC(O)CSc1sc(N)nc1C. The molecule has 0 fully saturated rings. The Labute approximate surface area is 97.9 Å². The summed E-state index contributed by atoms with van der Waals surface area (Å²) in [6, 6.07) is 0. The van der Waals surface area contributed by atoms with Crippen molar-refractivity contribution in [1.29, 1.82) is 0 Å². The number of nitrogens with zero attached hydrogens (tertiary/aromatic N) is 1. The maximum atomic E-state index is 9.55. The molecule has 86 valence electrons. The van der Waals surface area contributed by atoms with Crippen molar-refractivity contribution in [3.63, 3.8) is 0 Å². The zero-order chi connectivity index (χ0) is 11.3. The van der Waals surface area contributed by atoms with E-state index in [1.54, 1.807) is 11.8 Å². The van der Waals surface area contributed by atoms with Gasteiger partial charge >= 0.3 is 0 Å². The minimum atomic E-state index is -0.433. The van der Waals surface area contributed by atoms with E-state index in [9.17, 15) is 5.11 Å².